The molecule has 0 saturated heterocycles. The summed E-state index contributed by atoms with van der Waals surface area (Å²) in [6, 6.07) is 16.9. The summed E-state index contributed by atoms with van der Waals surface area (Å²) in [4.78, 5) is 12.7. The van der Waals surface area contributed by atoms with Gasteiger partial charge in [0.1, 0.15) is 5.76 Å². The second-order valence-electron chi connectivity index (χ2n) is 7.50. The molecule has 1 N–H and O–H groups in total. The van der Waals surface area contributed by atoms with Gasteiger partial charge in [-0.05, 0) is 12.1 Å². The van der Waals surface area contributed by atoms with Crippen molar-refractivity contribution in [1.82, 2.24) is 14.8 Å². The van der Waals surface area contributed by atoms with Gasteiger partial charge in [-0.3, -0.25) is 9.36 Å². The first kappa shape index (κ1) is 22.4. The number of rotatable bonds is 7. The molecule has 1 amide bonds. The summed E-state index contributed by atoms with van der Waals surface area (Å²) in [5.41, 5.74) is 1.40. The van der Waals surface area contributed by atoms with Crippen LogP contribution in [0.3, 0.4) is 0 Å². The third-order valence-electron chi connectivity index (χ3n) is 5.09. The highest BCUT2D eigenvalue weighted by Crippen LogP contribution is 2.37. The van der Waals surface area contributed by atoms with Crippen LogP contribution in [0.4, 0.5) is 5.69 Å². The number of ether oxygens (including phenoxy) is 2. The van der Waals surface area contributed by atoms with E-state index in [-0.39, 0.29) is 11.7 Å². The van der Waals surface area contributed by atoms with Gasteiger partial charge in [0.05, 0.1) is 42.5 Å². The molecule has 3 heterocycles. The summed E-state index contributed by atoms with van der Waals surface area (Å²) >= 11 is 7.64. The molecule has 4 aromatic rings. The zero-order chi connectivity index (χ0) is 23.3. The van der Waals surface area contributed by atoms with Gasteiger partial charge in [0.2, 0.25) is 5.91 Å². The van der Waals surface area contributed by atoms with E-state index in [9.17, 15) is 4.79 Å². The lowest BCUT2D eigenvalue weighted by Gasteiger charge is -2.12. The summed E-state index contributed by atoms with van der Waals surface area (Å²) in [7, 11) is 0. The van der Waals surface area contributed by atoms with E-state index in [2.05, 4.69) is 15.5 Å². The molecule has 2 aromatic carbocycles. The topological polar surface area (TPSA) is 91.4 Å². The van der Waals surface area contributed by atoms with Crippen molar-refractivity contribution >= 4 is 35.0 Å². The van der Waals surface area contributed by atoms with Crippen molar-refractivity contribution in [2.75, 3.05) is 24.3 Å². The SMILES string of the molecule is O=C(CSc1nnc(-c2ccccc2)n1Cc1ccco1)Nc1cc2c(cc1Cl)OCCCO2. The van der Waals surface area contributed by atoms with Crippen LogP contribution in [-0.4, -0.2) is 39.6 Å². The van der Waals surface area contributed by atoms with E-state index in [0.717, 1.165) is 17.7 Å². The predicted molar refractivity (Wildman–Crippen MR) is 130 cm³/mol. The Bertz CT molecular complexity index is 1280. The van der Waals surface area contributed by atoms with E-state index in [1.165, 1.54) is 11.8 Å². The Morgan fingerprint density at radius 2 is 1.85 bits per heavy atom. The number of carbonyl (C=O) groups excluding carboxylic acids is 1. The average Bonchev–Trinajstić information content (AvgIpc) is 3.45. The van der Waals surface area contributed by atoms with E-state index in [0.29, 0.717) is 52.9 Å². The van der Waals surface area contributed by atoms with E-state index in [1.807, 2.05) is 47.0 Å². The van der Waals surface area contributed by atoms with Gasteiger partial charge in [0, 0.05) is 24.1 Å². The maximum Gasteiger partial charge on any atom is 0.234 e. The van der Waals surface area contributed by atoms with Crippen molar-refractivity contribution < 1.29 is 18.7 Å². The first-order valence-corrected chi connectivity index (χ1v) is 12.1. The van der Waals surface area contributed by atoms with Crippen molar-refractivity contribution in [2.24, 2.45) is 0 Å². The Balaban J connectivity index is 1.32. The Morgan fingerprint density at radius 1 is 1.06 bits per heavy atom. The summed E-state index contributed by atoms with van der Waals surface area (Å²) in [5.74, 6) is 2.50. The fourth-order valence-electron chi connectivity index (χ4n) is 3.49. The number of thioether (sulfide) groups is 1. The fourth-order valence-corrected chi connectivity index (χ4v) is 4.43. The van der Waals surface area contributed by atoms with Crippen LogP contribution >= 0.6 is 23.4 Å². The first-order chi connectivity index (χ1) is 16.7. The van der Waals surface area contributed by atoms with Crippen molar-refractivity contribution in [2.45, 2.75) is 18.1 Å². The van der Waals surface area contributed by atoms with Crippen LogP contribution in [-0.2, 0) is 11.3 Å². The minimum absolute atomic E-state index is 0.121. The van der Waals surface area contributed by atoms with Gasteiger partial charge in [0.25, 0.3) is 0 Å². The van der Waals surface area contributed by atoms with Gasteiger partial charge in [-0.15, -0.1) is 10.2 Å². The number of halogens is 1. The lowest BCUT2D eigenvalue weighted by molar-refractivity contribution is -0.113. The van der Waals surface area contributed by atoms with Gasteiger partial charge >= 0.3 is 0 Å². The molecule has 0 unspecified atom stereocenters. The highest BCUT2D eigenvalue weighted by molar-refractivity contribution is 7.99. The minimum atomic E-state index is -0.227. The monoisotopic (exact) mass is 496 g/mol. The molecule has 174 valence electrons. The van der Waals surface area contributed by atoms with Crippen LogP contribution in [0, 0.1) is 0 Å². The van der Waals surface area contributed by atoms with Gasteiger partial charge in [-0.2, -0.15) is 0 Å². The molecular formula is C24H21ClN4O4S. The number of aromatic nitrogens is 3. The lowest BCUT2D eigenvalue weighted by Crippen LogP contribution is -2.15. The largest absolute Gasteiger partial charge is 0.490 e. The Morgan fingerprint density at radius 3 is 2.62 bits per heavy atom. The van der Waals surface area contributed by atoms with Gasteiger partial charge in [-0.1, -0.05) is 53.7 Å². The van der Waals surface area contributed by atoms with Gasteiger partial charge in [-0.25, -0.2) is 0 Å². The zero-order valence-corrected chi connectivity index (χ0v) is 19.6. The van der Waals surface area contributed by atoms with Gasteiger partial charge < -0.3 is 19.2 Å². The van der Waals surface area contributed by atoms with Gasteiger partial charge in [0.15, 0.2) is 22.5 Å². The second kappa shape index (κ2) is 10.2. The van der Waals surface area contributed by atoms with Crippen LogP contribution in [0.2, 0.25) is 5.02 Å². The molecule has 0 spiro atoms. The molecule has 0 aliphatic carbocycles. The molecule has 2 aromatic heterocycles. The number of carbonyl (C=O) groups is 1. The number of furan rings is 1. The van der Waals surface area contributed by atoms with E-state index < -0.39 is 0 Å². The van der Waals surface area contributed by atoms with Crippen molar-refractivity contribution in [3.63, 3.8) is 0 Å². The van der Waals surface area contributed by atoms with Crippen molar-refractivity contribution in [3.8, 4) is 22.9 Å². The smallest absolute Gasteiger partial charge is 0.234 e. The standard InChI is InChI=1S/C24H21ClN4O4S/c25-18-12-20-21(33-11-5-10-32-20)13-19(18)26-22(30)15-34-24-28-27-23(16-6-2-1-3-7-16)29(24)14-17-8-4-9-31-17/h1-4,6-9,12-13H,5,10-11,14-15H2,(H,26,30). The number of amides is 1. The first-order valence-electron chi connectivity index (χ1n) is 10.7. The molecule has 0 bridgehead atoms. The van der Waals surface area contributed by atoms with Crippen molar-refractivity contribution in [3.05, 3.63) is 71.6 Å². The number of anilines is 1. The lowest BCUT2D eigenvalue weighted by atomic mass is 10.2. The molecule has 1 aliphatic heterocycles. The van der Waals surface area contributed by atoms with Crippen LogP contribution < -0.4 is 14.8 Å². The summed E-state index contributed by atoms with van der Waals surface area (Å²) in [5, 5.41) is 12.5. The highest BCUT2D eigenvalue weighted by Gasteiger charge is 2.19. The van der Waals surface area contributed by atoms with Crippen LogP contribution in [0.15, 0.2) is 70.4 Å². The number of benzene rings is 2. The van der Waals surface area contributed by atoms with Crippen LogP contribution in [0.5, 0.6) is 11.5 Å². The average molecular weight is 497 g/mol. The Labute approximate surface area is 205 Å². The molecule has 34 heavy (non-hydrogen) atoms. The third kappa shape index (κ3) is 5.05. The molecule has 5 rings (SSSR count). The second-order valence-corrected chi connectivity index (χ2v) is 8.85. The number of nitrogens with one attached hydrogen (secondary N) is 1. The molecule has 8 nitrogen and oxygen atoms in total. The maximum absolute atomic E-state index is 12.7. The van der Waals surface area contributed by atoms with Crippen LogP contribution in [0.1, 0.15) is 12.2 Å². The zero-order valence-electron chi connectivity index (χ0n) is 18.1. The highest BCUT2D eigenvalue weighted by atomic mass is 35.5. The predicted octanol–water partition coefficient (Wildman–Crippen LogP) is 5.13. The number of hydrogen-bond acceptors (Lipinski definition) is 7. The number of fused-ring (bicyclic) bond motifs is 1. The molecule has 0 radical (unpaired) electrons. The maximum atomic E-state index is 12.7. The normalized spacial score (nSPS) is 12.9. The van der Waals surface area contributed by atoms with Crippen LogP contribution in [0.25, 0.3) is 11.4 Å². The third-order valence-corrected chi connectivity index (χ3v) is 6.37. The van der Waals surface area contributed by atoms with E-state index in [1.54, 1.807) is 18.4 Å². The van der Waals surface area contributed by atoms with E-state index in [4.69, 9.17) is 25.5 Å². The Hall–Kier alpha value is -3.43. The summed E-state index contributed by atoms with van der Waals surface area (Å²) in [6.45, 7) is 1.56. The molecule has 1 aliphatic rings. The molecule has 0 fully saturated rings. The summed E-state index contributed by atoms with van der Waals surface area (Å²) in [6.07, 6.45) is 2.41. The number of nitrogens with zero attached hydrogens (tertiary/aromatic N) is 3. The van der Waals surface area contributed by atoms with Crippen molar-refractivity contribution in [1.29, 1.82) is 0 Å². The fraction of sp³-hybridized carbons (Fsp3) is 0.208. The quantitative estimate of drug-likeness (QED) is 0.354. The molecular weight excluding hydrogens is 476 g/mol. The minimum Gasteiger partial charge on any atom is -0.490 e. The Kier molecular flexibility index (Phi) is 6.73. The van der Waals surface area contributed by atoms with E-state index >= 15 is 0 Å². The summed E-state index contributed by atoms with van der Waals surface area (Å²) < 4.78 is 18.8. The number of hydrogen-bond donors (Lipinski definition) is 1. The molecule has 0 atom stereocenters. The molecule has 10 heteroatoms. The molecule has 0 saturated carbocycles.